The Morgan fingerprint density at radius 3 is 1.33 bits per heavy atom. The van der Waals surface area contributed by atoms with Crippen molar-refractivity contribution in [1.29, 1.82) is 0 Å². The van der Waals surface area contributed by atoms with Crippen LogP contribution in [-0.2, 0) is 14.4 Å². The monoisotopic (exact) mass is 386 g/mol. The zero-order valence-electron chi connectivity index (χ0n) is 16.8. The van der Waals surface area contributed by atoms with Crippen LogP contribution in [0, 0.1) is 0 Å². The zero-order valence-corrected chi connectivity index (χ0v) is 16.8. The van der Waals surface area contributed by atoms with Gasteiger partial charge in [-0.25, -0.2) is 0 Å². The molecule has 156 valence electrons. The van der Waals surface area contributed by atoms with Gasteiger partial charge in [-0.2, -0.15) is 0 Å². The third-order valence-electron chi connectivity index (χ3n) is 4.77. The Hall–Kier alpha value is -1.55. The average molecular weight is 386 g/mol. The molecule has 0 aliphatic carbocycles. The fourth-order valence-corrected chi connectivity index (χ4v) is 3.24. The van der Waals surface area contributed by atoms with E-state index in [2.05, 4.69) is 23.6 Å². The highest BCUT2D eigenvalue weighted by Gasteiger charge is 2.20. The highest BCUT2D eigenvalue weighted by Crippen LogP contribution is 2.04. The highest BCUT2D eigenvalue weighted by atomic mass is 16.4. The molecule has 1 heterocycles. The Morgan fingerprint density at radius 2 is 1.04 bits per heavy atom. The molecule has 27 heavy (non-hydrogen) atoms. The maximum atomic E-state index is 11.6. The molecule has 0 radical (unpaired) electrons. The zero-order chi connectivity index (χ0) is 20.4. The lowest BCUT2D eigenvalue weighted by atomic mass is 10.2. The number of aliphatic carboxylic acids is 2. The average Bonchev–Trinajstić information content (AvgIpc) is 2.53. The summed E-state index contributed by atoms with van der Waals surface area (Å²) in [6.07, 6.45) is 0. The van der Waals surface area contributed by atoms with Crippen LogP contribution in [0.15, 0.2) is 0 Å². The number of carboxylic acids is 2. The number of rotatable bonds is 7. The van der Waals surface area contributed by atoms with Crippen molar-refractivity contribution in [2.75, 3.05) is 72.0 Å². The maximum Gasteiger partial charge on any atom is 0.317 e. The number of Topliss-reactive ketones (excluding diaryl/α,β-unsaturated/α-hetero) is 1. The predicted octanol–water partition coefficient (Wildman–Crippen LogP) is -0.625. The molecule has 0 aromatic carbocycles. The van der Waals surface area contributed by atoms with E-state index in [0.29, 0.717) is 45.3 Å². The van der Waals surface area contributed by atoms with Gasteiger partial charge < -0.3 is 10.2 Å². The molecule has 2 N–H and O–H groups in total. The normalized spacial score (nSPS) is 20.1. The van der Waals surface area contributed by atoms with E-state index in [4.69, 9.17) is 10.2 Å². The summed E-state index contributed by atoms with van der Waals surface area (Å²) in [5, 5.41) is 18.3. The van der Waals surface area contributed by atoms with Crippen LogP contribution in [-0.4, -0.2) is 126 Å². The minimum Gasteiger partial charge on any atom is -0.480 e. The van der Waals surface area contributed by atoms with Gasteiger partial charge in [-0.3, -0.25) is 34.0 Å². The van der Waals surface area contributed by atoms with Crippen LogP contribution in [0.25, 0.3) is 0 Å². The molecular formula is C18H34N4O5. The summed E-state index contributed by atoms with van der Waals surface area (Å²) >= 11 is 0. The first-order valence-corrected chi connectivity index (χ1v) is 9.51. The molecule has 0 bridgehead atoms. The number of ketones is 1. The van der Waals surface area contributed by atoms with Crippen molar-refractivity contribution in [3.8, 4) is 0 Å². The fourth-order valence-electron chi connectivity index (χ4n) is 3.24. The van der Waals surface area contributed by atoms with Crippen molar-refractivity contribution in [3.63, 3.8) is 0 Å². The quantitative estimate of drug-likeness (QED) is 0.592. The smallest absolute Gasteiger partial charge is 0.317 e. The second-order valence-corrected chi connectivity index (χ2v) is 7.45. The van der Waals surface area contributed by atoms with E-state index in [-0.39, 0.29) is 18.9 Å². The molecule has 0 saturated carbocycles. The van der Waals surface area contributed by atoms with E-state index >= 15 is 0 Å². The van der Waals surface area contributed by atoms with E-state index in [1.54, 1.807) is 6.92 Å². The first-order valence-electron chi connectivity index (χ1n) is 9.51. The molecule has 0 spiro atoms. The molecule has 9 nitrogen and oxygen atoms in total. The van der Waals surface area contributed by atoms with E-state index in [1.165, 1.54) is 0 Å². The van der Waals surface area contributed by atoms with Crippen molar-refractivity contribution in [3.05, 3.63) is 0 Å². The topological polar surface area (TPSA) is 105 Å². The Labute approximate surface area is 161 Å². The van der Waals surface area contributed by atoms with Crippen molar-refractivity contribution in [2.45, 2.75) is 26.8 Å². The molecule has 1 fully saturated rings. The van der Waals surface area contributed by atoms with Crippen molar-refractivity contribution >= 4 is 17.7 Å². The number of hydrogen-bond donors (Lipinski definition) is 2. The molecule has 9 heteroatoms. The molecule has 0 aromatic rings. The second-order valence-electron chi connectivity index (χ2n) is 7.45. The summed E-state index contributed by atoms with van der Waals surface area (Å²) in [6, 6.07) is 0.322. The Kier molecular flexibility index (Phi) is 10.5. The van der Waals surface area contributed by atoms with Gasteiger partial charge >= 0.3 is 11.9 Å². The second kappa shape index (κ2) is 12.0. The summed E-state index contributed by atoms with van der Waals surface area (Å²) in [4.78, 5) is 41.9. The van der Waals surface area contributed by atoms with Crippen LogP contribution >= 0.6 is 0 Å². The highest BCUT2D eigenvalue weighted by molar-refractivity contribution is 5.77. The van der Waals surface area contributed by atoms with Crippen molar-refractivity contribution in [2.24, 2.45) is 0 Å². The number of carboxylic acid groups (broad SMARTS) is 2. The third-order valence-corrected chi connectivity index (χ3v) is 4.77. The third kappa shape index (κ3) is 10.4. The standard InChI is InChI=1S/C18H34N4O5/c1-15(2)22-10-8-19(12-16(3)23)4-5-20(13-17(24)25)6-7-21(9-11-22)14-18(26)27/h15H,4-14H2,1-3H3,(H,24,25)(H,26,27). The number of hydrogen-bond acceptors (Lipinski definition) is 7. The number of nitrogens with zero attached hydrogens (tertiary/aromatic N) is 4. The minimum atomic E-state index is -0.907. The molecule has 1 saturated heterocycles. The summed E-state index contributed by atoms with van der Waals surface area (Å²) < 4.78 is 0. The lowest BCUT2D eigenvalue weighted by molar-refractivity contribution is -0.140. The summed E-state index contributed by atoms with van der Waals surface area (Å²) in [7, 11) is 0. The molecule has 0 atom stereocenters. The predicted molar refractivity (Wildman–Crippen MR) is 102 cm³/mol. The summed E-state index contributed by atoms with van der Waals surface area (Å²) in [5.74, 6) is -1.69. The van der Waals surface area contributed by atoms with Crippen LogP contribution < -0.4 is 0 Å². The molecular weight excluding hydrogens is 352 g/mol. The Balaban J connectivity index is 2.88. The van der Waals surface area contributed by atoms with Gasteiger partial charge in [0.25, 0.3) is 0 Å². The lowest BCUT2D eigenvalue weighted by Gasteiger charge is -2.34. The summed E-state index contributed by atoms with van der Waals surface area (Å²) in [6.45, 7) is 11.0. The van der Waals surface area contributed by atoms with Crippen LogP contribution in [0.5, 0.6) is 0 Å². The van der Waals surface area contributed by atoms with Crippen LogP contribution in [0.1, 0.15) is 20.8 Å². The maximum absolute atomic E-state index is 11.6. The largest absolute Gasteiger partial charge is 0.480 e. The van der Waals surface area contributed by atoms with Gasteiger partial charge in [0.05, 0.1) is 19.6 Å². The molecule has 1 rings (SSSR count). The molecule has 0 amide bonds. The number of carbonyl (C=O) groups is 3. The fraction of sp³-hybridized carbons (Fsp3) is 0.833. The van der Waals surface area contributed by atoms with Gasteiger partial charge in [-0.15, -0.1) is 0 Å². The van der Waals surface area contributed by atoms with Gasteiger partial charge in [-0.05, 0) is 20.8 Å². The SMILES string of the molecule is CC(=O)CN1CCN(CC(=O)O)CCN(CC(=O)O)CCN(C(C)C)CC1. The van der Waals surface area contributed by atoms with Crippen LogP contribution in [0.3, 0.4) is 0 Å². The van der Waals surface area contributed by atoms with E-state index in [1.807, 2.05) is 9.80 Å². The molecule has 1 aliphatic heterocycles. The molecule has 0 unspecified atom stereocenters. The van der Waals surface area contributed by atoms with Crippen LogP contribution in [0.4, 0.5) is 0 Å². The Morgan fingerprint density at radius 1 is 0.704 bits per heavy atom. The lowest BCUT2D eigenvalue weighted by Crippen LogP contribution is -2.49. The Bertz CT molecular complexity index is 468. The first-order chi connectivity index (χ1) is 12.7. The molecule has 0 aromatic heterocycles. The van der Waals surface area contributed by atoms with Gasteiger partial charge in [0, 0.05) is 58.4 Å². The van der Waals surface area contributed by atoms with E-state index in [0.717, 1.165) is 19.6 Å². The van der Waals surface area contributed by atoms with Gasteiger partial charge in [0.15, 0.2) is 0 Å². The summed E-state index contributed by atoms with van der Waals surface area (Å²) in [5.41, 5.74) is 0. The van der Waals surface area contributed by atoms with Gasteiger partial charge in [-0.1, -0.05) is 0 Å². The van der Waals surface area contributed by atoms with E-state index in [9.17, 15) is 14.4 Å². The minimum absolute atomic E-state index is 0.0523. The molecule has 1 aliphatic rings. The van der Waals surface area contributed by atoms with Crippen LogP contribution in [0.2, 0.25) is 0 Å². The van der Waals surface area contributed by atoms with Crippen molar-refractivity contribution in [1.82, 2.24) is 19.6 Å². The van der Waals surface area contributed by atoms with Gasteiger partial charge in [0.1, 0.15) is 5.78 Å². The van der Waals surface area contributed by atoms with Gasteiger partial charge in [0.2, 0.25) is 0 Å². The first kappa shape index (κ1) is 23.5. The van der Waals surface area contributed by atoms with E-state index < -0.39 is 11.9 Å². The number of carbonyl (C=O) groups excluding carboxylic acids is 1. The van der Waals surface area contributed by atoms with Crippen molar-refractivity contribution < 1.29 is 24.6 Å².